The van der Waals surface area contributed by atoms with Gasteiger partial charge in [-0.15, -0.1) is 0 Å². The van der Waals surface area contributed by atoms with Crippen LogP contribution < -0.4 is 10.6 Å². The molecule has 0 saturated heterocycles. The van der Waals surface area contributed by atoms with E-state index in [1.807, 2.05) is 18.2 Å². The van der Waals surface area contributed by atoms with E-state index >= 15 is 0 Å². The molecular formula is C20H21N3O3. The Morgan fingerprint density at radius 2 is 1.88 bits per heavy atom. The van der Waals surface area contributed by atoms with Gasteiger partial charge in [0.05, 0.1) is 0 Å². The maximum Gasteiger partial charge on any atom is 0.404 e. The number of benzene rings is 2. The third kappa shape index (κ3) is 4.42. The largest absolute Gasteiger partial charge is 0.441 e. The second kappa shape index (κ2) is 8.20. The van der Waals surface area contributed by atoms with Crippen molar-refractivity contribution in [3.05, 3.63) is 72.0 Å². The molecule has 3 rings (SSSR count). The second-order valence-electron chi connectivity index (χ2n) is 5.83. The zero-order chi connectivity index (χ0) is 18.4. The summed E-state index contributed by atoms with van der Waals surface area (Å²) in [6.45, 7) is 3.88. The number of hydrogen-bond donors (Lipinski definition) is 1. The average molecular weight is 351 g/mol. The van der Waals surface area contributed by atoms with Gasteiger partial charge < -0.3 is 19.9 Å². The Bertz CT molecular complexity index is 844. The summed E-state index contributed by atoms with van der Waals surface area (Å²) in [5.74, 6) is 0.446. The van der Waals surface area contributed by atoms with E-state index in [4.69, 9.17) is 15.0 Å². The number of carbonyl (C=O) groups is 1. The Labute approximate surface area is 152 Å². The summed E-state index contributed by atoms with van der Waals surface area (Å²) in [5.41, 5.74) is 8.97. The van der Waals surface area contributed by atoms with Crippen LogP contribution in [0.1, 0.15) is 18.2 Å². The summed E-state index contributed by atoms with van der Waals surface area (Å²) in [5, 5.41) is 4.01. The van der Waals surface area contributed by atoms with E-state index in [-0.39, 0.29) is 6.61 Å². The van der Waals surface area contributed by atoms with Gasteiger partial charge in [-0.1, -0.05) is 47.6 Å². The molecule has 2 aromatic carbocycles. The van der Waals surface area contributed by atoms with Crippen LogP contribution in [0.2, 0.25) is 0 Å². The first-order chi connectivity index (χ1) is 12.7. The van der Waals surface area contributed by atoms with Crippen LogP contribution in [-0.4, -0.2) is 17.8 Å². The Balaban J connectivity index is 1.70. The molecule has 3 aromatic rings. The van der Waals surface area contributed by atoms with Gasteiger partial charge in [-0.2, -0.15) is 0 Å². The molecule has 0 spiro atoms. The zero-order valence-corrected chi connectivity index (χ0v) is 14.6. The van der Waals surface area contributed by atoms with E-state index in [1.54, 1.807) is 6.07 Å². The van der Waals surface area contributed by atoms with Crippen molar-refractivity contribution in [3.63, 3.8) is 0 Å². The van der Waals surface area contributed by atoms with Crippen molar-refractivity contribution in [2.24, 2.45) is 5.73 Å². The van der Waals surface area contributed by atoms with Gasteiger partial charge in [0.25, 0.3) is 0 Å². The lowest BCUT2D eigenvalue weighted by atomic mass is 10.1. The van der Waals surface area contributed by atoms with Crippen molar-refractivity contribution in [1.82, 2.24) is 5.16 Å². The van der Waals surface area contributed by atoms with Crippen LogP contribution in [-0.2, 0) is 17.9 Å². The number of ether oxygens (including phenoxy) is 1. The molecule has 0 aliphatic rings. The molecule has 0 unspecified atom stereocenters. The van der Waals surface area contributed by atoms with Crippen molar-refractivity contribution in [3.8, 4) is 11.3 Å². The normalized spacial score (nSPS) is 10.5. The predicted molar refractivity (Wildman–Crippen MR) is 99.5 cm³/mol. The minimum Gasteiger partial charge on any atom is -0.441 e. The highest BCUT2D eigenvalue weighted by Crippen LogP contribution is 2.24. The van der Waals surface area contributed by atoms with Gasteiger partial charge in [0.2, 0.25) is 0 Å². The number of nitrogens with zero attached hydrogens (tertiary/aromatic N) is 2. The predicted octanol–water partition coefficient (Wildman–Crippen LogP) is 3.96. The molecule has 0 saturated carbocycles. The molecule has 1 heterocycles. The third-order valence-corrected chi connectivity index (χ3v) is 4.04. The molecule has 6 heteroatoms. The highest BCUT2D eigenvalue weighted by atomic mass is 16.6. The summed E-state index contributed by atoms with van der Waals surface area (Å²) in [4.78, 5) is 12.9. The van der Waals surface area contributed by atoms with Crippen LogP contribution in [0.3, 0.4) is 0 Å². The van der Waals surface area contributed by atoms with Crippen LogP contribution in [0.5, 0.6) is 0 Å². The molecule has 0 fully saturated rings. The fourth-order valence-electron chi connectivity index (χ4n) is 2.69. The molecule has 0 atom stereocenters. The third-order valence-electron chi connectivity index (χ3n) is 4.04. The molecular weight excluding hydrogens is 330 g/mol. The number of rotatable bonds is 7. The van der Waals surface area contributed by atoms with Crippen molar-refractivity contribution >= 4 is 11.8 Å². The van der Waals surface area contributed by atoms with E-state index < -0.39 is 6.09 Å². The van der Waals surface area contributed by atoms with Gasteiger partial charge in [0.1, 0.15) is 5.69 Å². The first-order valence-electron chi connectivity index (χ1n) is 8.43. The van der Waals surface area contributed by atoms with Crippen molar-refractivity contribution in [2.75, 3.05) is 11.4 Å². The minimum atomic E-state index is -0.842. The Morgan fingerprint density at radius 1 is 1.15 bits per heavy atom. The summed E-state index contributed by atoms with van der Waals surface area (Å²) in [7, 11) is 0. The summed E-state index contributed by atoms with van der Waals surface area (Å²) in [6, 6.07) is 20.2. The molecule has 134 valence electrons. The number of anilines is 1. The molecule has 0 aliphatic carbocycles. The van der Waals surface area contributed by atoms with E-state index in [9.17, 15) is 4.79 Å². The minimum absolute atomic E-state index is 0.0267. The quantitative estimate of drug-likeness (QED) is 0.697. The van der Waals surface area contributed by atoms with Crippen LogP contribution in [0.15, 0.2) is 65.2 Å². The van der Waals surface area contributed by atoms with Crippen LogP contribution in [0.25, 0.3) is 11.3 Å². The highest BCUT2D eigenvalue weighted by Gasteiger charge is 2.10. The lowest BCUT2D eigenvalue weighted by molar-refractivity contribution is 0.137. The highest BCUT2D eigenvalue weighted by molar-refractivity contribution is 5.65. The first kappa shape index (κ1) is 17.5. The molecule has 0 aliphatic heterocycles. The van der Waals surface area contributed by atoms with E-state index in [0.29, 0.717) is 11.5 Å². The number of aromatic nitrogens is 1. The Hall–Kier alpha value is -3.28. The summed E-state index contributed by atoms with van der Waals surface area (Å²) < 4.78 is 9.85. The van der Waals surface area contributed by atoms with Gasteiger partial charge in [0.15, 0.2) is 12.4 Å². The number of hydrogen-bond acceptors (Lipinski definition) is 5. The fraction of sp³-hybridized carbons (Fsp3) is 0.200. The van der Waals surface area contributed by atoms with Gasteiger partial charge in [0, 0.05) is 30.4 Å². The smallest absolute Gasteiger partial charge is 0.404 e. The van der Waals surface area contributed by atoms with Crippen molar-refractivity contribution in [2.45, 2.75) is 20.1 Å². The van der Waals surface area contributed by atoms with Crippen LogP contribution in [0.4, 0.5) is 10.5 Å². The molecule has 0 radical (unpaired) electrons. The maximum atomic E-state index is 10.6. The lowest BCUT2D eigenvalue weighted by Gasteiger charge is -2.23. The number of carbonyl (C=O) groups excluding carboxylic acids is 1. The average Bonchev–Trinajstić information content (AvgIpc) is 3.14. The lowest BCUT2D eigenvalue weighted by Crippen LogP contribution is -2.21. The Morgan fingerprint density at radius 3 is 2.54 bits per heavy atom. The number of amides is 1. The molecule has 1 aromatic heterocycles. The van der Waals surface area contributed by atoms with Gasteiger partial charge >= 0.3 is 6.09 Å². The van der Waals surface area contributed by atoms with E-state index in [1.165, 1.54) is 5.56 Å². The van der Waals surface area contributed by atoms with Crippen LogP contribution in [0, 0.1) is 0 Å². The fourth-order valence-corrected chi connectivity index (χ4v) is 2.69. The zero-order valence-electron chi connectivity index (χ0n) is 14.6. The van der Waals surface area contributed by atoms with Crippen molar-refractivity contribution in [1.29, 1.82) is 0 Å². The maximum absolute atomic E-state index is 10.6. The standard InChI is InChI=1S/C20H21N3O3/c1-2-23(13-15-6-4-3-5-7-15)17-10-8-16(9-11-17)19-12-18(26-22-19)14-25-20(21)24/h3-12H,2,13-14H2,1H3,(H2,21,24). The number of nitrogens with two attached hydrogens (primary N) is 1. The van der Waals surface area contributed by atoms with Gasteiger partial charge in [-0.3, -0.25) is 0 Å². The van der Waals surface area contributed by atoms with Crippen LogP contribution >= 0.6 is 0 Å². The summed E-state index contributed by atoms with van der Waals surface area (Å²) in [6.07, 6.45) is -0.842. The molecule has 1 amide bonds. The monoisotopic (exact) mass is 351 g/mol. The molecule has 6 nitrogen and oxygen atoms in total. The van der Waals surface area contributed by atoms with E-state index in [0.717, 1.165) is 24.3 Å². The summed E-state index contributed by atoms with van der Waals surface area (Å²) >= 11 is 0. The SMILES string of the molecule is CCN(Cc1ccccc1)c1ccc(-c2cc(COC(N)=O)on2)cc1. The van der Waals surface area contributed by atoms with E-state index in [2.05, 4.69) is 53.4 Å². The van der Waals surface area contributed by atoms with Gasteiger partial charge in [-0.05, 0) is 24.6 Å². The van der Waals surface area contributed by atoms with Gasteiger partial charge in [-0.25, -0.2) is 4.79 Å². The second-order valence-corrected chi connectivity index (χ2v) is 5.83. The molecule has 26 heavy (non-hydrogen) atoms. The number of primary amides is 1. The van der Waals surface area contributed by atoms with Crippen molar-refractivity contribution < 1.29 is 14.1 Å². The topological polar surface area (TPSA) is 81.6 Å². The Kier molecular flexibility index (Phi) is 5.53. The first-order valence-corrected chi connectivity index (χ1v) is 8.43. The molecule has 2 N–H and O–H groups in total. The molecule has 0 bridgehead atoms.